The first-order chi connectivity index (χ1) is 10.5. The Kier molecular flexibility index (Phi) is 5.45. The Labute approximate surface area is 136 Å². The molecule has 0 radical (unpaired) electrons. The fourth-order valence-electron chi connectivity index (χ4n) is 2.55. The third-order valence-corrected chi connectivity index (χ3v) is 3.67. The highest BCUT2D eigenvalue weighted by Gasteiger charge is 2.06. The van der Waals surface area contributed by atoms with Crippen LogP contribution >= 0.6 is 11.6 Å². The number of hydrogen-bond donors (Lipinski definition) is 2. The summed E-state index contributed by atoms with van der Waals surface area (Å²) in [6.07, 6.45) is 0.402. The van der Waals surface area contributed by atoms with Crippen molar-refractivity contribution in [3.8, 4) is 0 Å². The molecule has 0 heterocycles. The third-order valence-electron chi connectivity index (χ3n) is 3.44. The minimum atomic E-state index is -0.0304. The zero-order valence-electron chi connectivity index (χ0n) is 13.2. The van der Waals surface area contributed by atoms with Gasteiger partial charge in [0.05, 0.1) is 0 Å². The predicted molar refractivity (Wildman–Crippen MR) is 93.8 cm³/mol. The van der Waals surface area contributed by atoms with E-state index in [0.29, 0.717) is 18.0 Å². The van der Waals surface area contributed by atoms with Gasteiger partial charge in [-0.2, -0.15) is 0 Å². The smallest absolute Gasteiger partial charge is 0.226 e. The van der Waals surface area contributed by atoms with Crippen molar-refractivity contribution in [2.75, 3.05) is 17.2 Å². The first-order valence-electron chi connectivity index (χ1n) is 7.33. The summed E-state index contributed by atoms with van der Waals surface area (Å²) >= 11 is 5.90. The van der Waals surface area contributed by atoms with Crippen molar-refractivity contribution in [2.24, 2.45) is 0 Å². The molecule has 0 spiro atoms. The van der Waals surface area contributed by atoms with E-state index in [1.807, 2.05) is 12.1 Å². The van der Waals surface area contributed by atoms with Gasteiger partial charge in [-0.1, -0.05) is 35.4 Å². The third kappa shape index (κ3) is 4.50. The van der Waals surface area contributed by atoms with Gasteiger partial charge in [-0.15, -0.1) is 0 Å². The van der Waals surface area contributed by atoms with E-state index >= 15 is 0 Å². The number of carbonyl (C=O) groups is 1. The van der Waals surface area contributed by atoms with Gasteiger partial charge in [0.2, 0.25) is 5.91 Å². The summed E-state index contributed by atoms with van der Waals surface area (Å²) in [5.74, 6) is -0.0304. The second-order valence-electron chi connectivity index (χ2n) is 5.51. The Morgan fingerprint density at radius 2 is 1.77 bits per heavy atom. The van der Waals surface area contributed by atoms with Crippen LogP contribution < -0.4 is 10.6 Å². The number of halogens is 1. The van der Waals surface area contributed by atoms with Gasteiger partial charge < -0.3 is 10.6 Å². The lowest BCUT2D eigenvalue weighted by molar-refractivity contribution is -0.115. The molecular formula is C18H21ClN2O. The van der Waals surface area contributed by atoms with Crippen molar-refractivity contribution in [2.45, 2.75) is 27.2 Å². The quantitative estimate of drug-likeness (QED) is 0.839. The van der Waals surface area contributed by atoms with Crippen LogP contribution in [0.5, 0.6) is 0 Å². The predicted octanol–water partition coefficient (Wildman–Crippen LogP) is 4.71. The average molecular weight is 317 g/mol. The first kappa shape index (κ1) is 16.4. The number of rotatable bonds is 5. The molecule has 0 aliphatic carbocycles. The van der Waals surface area contributed by atoms with Gasteiger partial charge in [-0.05, 0) is 50.1 Å². The minimum Gasteiger partial charge on any atom is -0.384 e. The molecule has 0 aliphatic rings. The number of anilines is 2. The summed E-state index contributed by atoms with van der Waals surface area (Å²) in [6.45, 7) is 6.84. The maximum absolute atomic E-state index is 11.9. The summed E-state index contributed by atoms with van der Waals surface area (Å²) in [4.78, 5) is 11.9. The Hall–Kier alpha value is -2.00. The second-order valence-corrected chi connectivity index (χ2v) is 5.95. The maximum atomic E-state index is 11.9. The van der Waals surface area contributed by atoms with Crippen molar-refractivity contribution in [1.82, 2.24) is 0 Å². The summed E-state index contributed by atoms with van der Waals surface area (Å²) in [6, 6.07) is 11.4. The first-order valence-corrected chi connectivity index (χ1v) is 7.70. The fraction of sp³-hybridized carbons (Fsp3) is 0.278. The van der Waals surface area contributed by atoms with E-state index in [1.54, 1.807) is 12.1 Å². The van der Waals surface area contributed by atoms with Crippen molar-refractivity contribution >= 4 is 28.9 Å². The Bertz CT molecular complexity index is 660. The van der Waals surface area contributed by atoms with Gasteiger partial charge in [0, 0.05) is 29.4 Å². The summed E-state index contributed by atoms with van der Waals surface area (Å²) in [5, 5.41) is 6.81. The van der Waals surface area contributed by atoms with Gasteiger partial charge in [-0.3, -0.25) is 4.79 Å². The van der Waals surface area contributed by atoms with Crippen molar-refractivity contribution in [3.63, 3.8) is 0 Å². The molecular weight excluding hydrogens is 296 g/mol. The number of benzene rings is 2. The topological polar surface area (TPSA) is 41.1 Å². The Balaban J connectivity index is 1.87. The van der Waals surface area contributed by atoms with Gasteiger partial charge in [0.25, 0.3) is 0 Å². The number of amides is 1. The second kappa shape index (κ2) is 7.32. The highest BCUT2D eigenvalue weighted by Crippen LogP contribution is 2.21. The zero-order chi connectivity index (χ0) is 16.1. The van der Waals surface area contributed by atoms with Crippen LogP contribution in [0.3, 0.4) is 0 Å². The van der Waals surface area contributed by atoms with E-state index in [9.17, 15) is 4.79 Å². The van der Waals surface area contributed by atoms with Crippen LogP contribution in [0.1, 0.15) is 23.1 Å². The van der Waals surface area contributed by atoms with E-state index in [1.165, 1.54) is 16.7 Å². The molecule has 3 nitrogen and oxygen atoms in total. The summed E-state index contributed by atoms with van der Waals surface area (Å²) in [7, 11) is 0. The molecule has 2 N–H and O–H groups in total. The molecule has 0 aliphatic heterocycles. The molecule has 2 aromatic rings. The average Bonchev–Trinajstić information content (AvgIpc) is 2.41. The molecule has 2 rings (SSSR count). The molecule has 0 saturated heterocycles. The zero-order valence-corrected chi connectivity index (χ0v) is 13.9. The number of carbonyl (C=O) groups excluding carboxylic acids is 1. The molecule has 0 unspecified atom stereocenters. The van der Waals surface area contributed by atoms with Crippen LogP contribution in [0.15, 0.2) is 36.4 Å². The monoisotopic (exact) mass is 316 g/mol. The standard InChI is InChI=1S/C18H21ClN2O/c1-12-9-13(2)18(14(3)10-12)20-8-7-17(22)21-16-6-4-5-15(19)11-16/h4-6,9-11,20H,7-8H2,1-3H3,(H,21,22). The largest absolute Gasteiger partial charge is 0.384 e. The molecule has 4 heteroatoms. The van der Waals surface area contributed by atoms with Crippen molar-refractivity contribution < 1.29 is 4.79 Å². The van der Waals surface area contributed by atoms with Crippen LogP contribution in [-0.2, 0) is 4.79 Å². The van der Waals surface area contributed by atoms with Crippen molar-refractivity contribution in [1.29, 1.82) is 0 Å². The Morgan fingerprint density at radius 1 is 1.09 bits per heavy atom. The van der Waals surface area contributed by atoms with Crippen molar-refractivity contribution in [3.05, 3.63) is 58.1 Å². The Morgan fingerprint density at radius 3 is 2.41 bits per heavy atom. The normalized spacial score (nSPS) is 10.4. The van der Waals surface area contributed by atoms with Crippen LogP contribution in [0.4, 0.5) is 11.4 Å². The lowest BCUT2D eigenvalue weighted by Gasteiger charge is -2.14. The molecule has 2 aromatic carbocycles. The van der Waals surface area contributed by atoms with E-state index in [0.717, 1.165) is 11.4 Å². The molecule has 0 saturated carbocycles. The molecule has 0 atom stereocenters. The lowest BCUT2D eigenvalue weighted by Crippen LogP contribution is -2.16. The molecule has 0 aromatic heterocycles. The SMILES string of the molecule is Cc1cc(C)c(NCCC(=O)Nc2cccc(Cl)c2)c(C)c1. The molecule has 0 bridgehead atoms. The van der Waals surface area contributed by atoms with Crippen LogP contribution in [0.2, 0.25) is 5.02 Å². The molecule has 22 heavy (non-hydrogen) atoms. The van der Waals surface area contributed by atoms with Gasteiger partial charge >= 0.3 is 0 Å². The summed E-state index contributed by atoms with van der Waals surface area (Å²) < 4.78 is 0. The highest BCUT2D eigenvalue weighted by atomic mass is 35.5. The molecule has 116 valence electrons. The summed E-state index contributed by atoms with van der Waals surface area (Å²) in [5.41, 5.74) is 5.49. The number of aryl methyl sites for hydroxylation is 3. The maximum Gasteiger partial charge on any atom is 0.226 e. The molecule has 0 fully saturated rings. The number of nitrogens with one attached hydrogen (secondary N) is 2. The van der Waals surface area contributed by atoms with Gasteiger partial charge in [-0.25, -0.2) is 0 Å². The van der Waals surface area contributed by atoms with E-state index in [2.05, 4.69) is 43.5 Å². The van der Waals surface area contributed by atoms with E-state index < -0.39 is 0 Å². The van der Waals surface area contributed by atoms with E-state index in [4.69, 9.17) is 11.6 Å². The molecule has 1 amide bonds. The van der Waals surface area contributed by atoms with Crippen LogP contribution in [0.25, 0.3) is 0 Å². The van der Waals surface area contributed by atoms with Crippen LogP contribution in [0, 0.1) is 20.8 Å². The highest BCUT2D eigenvalue weighted by molar-refractivity contribution is 6.30. The fourth-order valence-corrected chi connectivity index (χ4v) is 2.74. The van der Waals surface area contributed by atoms with Gasteiger partial charge in [0.1, 0.15) is 0 Å². The minimum absolute atomic E-state index is 0.0304. The lowest BCUT2D eigenvalue weighted by atomic mass is 10.1. The van der Waals surface area contributed by atoms with Gasteiger partial charge in [0.15, 0.2) is 0 Å². The van der Waals surface area contributed by atoms with E-state index in [-0.39, 0.29) is 5.91 Å². The van der Waals surface area contributed by atoms with Crippen LogP contribution in [-0.4, -0.2) is 12.5 Å². The number of hydrogen-bond acceptors (Lipinski definition) is 2.